The van der Waals surface area contributed by atoms with E-state index in [9.17, 15) is 0 Å². The van der Waals surface area contributed by atoms with Crippen LogP contribution in [0.1, 0.15) is 32.1 Å². The summed E-state index contributed by atoms with van der Waals surface area (Å²) < 4.78 is 8.08. The number of rotatable bonds is 4. The minimum atomic E-state index is 0.0741. The molecular weight excluding hydrogens is 262 g/mol. The molecule has 0 unspecified atom stereocenters. The molecular formula is C17H21N3O. The van der Waals surface area contributed by atoms with Crippen molar-refractivity contribution < 1.29 is 4.42 Å². The molecule has 4 heteroatoms. The number of nitrogens with one attached hydrogen (secondary N) is 1. The Balaban J connectivity index is 1.97. The molecule has 0 spiro atoms. The molecule has 0 aliphatic rings. The summed E-state index contributed by atoms with van der Waals surface area (Å²) in [6.45, 7) is 8.01. The number of nitrogens with zero attached hydrogens (tertiary/aromatic N) is 2. The van der Waals surface area contributed by atoms with Crippen LogP contribution >= 0.6 is 0 Å². The Morgan fingerprint density at radius 1 is 1.24 bits per heavy atom. The van der Waals surface area contributed by atoms with Gasteiger partial charge in [-0.15, -0.1) is 0 Å². The van der Waals surface area contributed by atoms with Crippen molar-refractivity contribution in [3.63, 3.8) is 0 Å². The standard InChI is InChI=1S/C17H21N3O/c1-17(2,3)19-10-14-13-6-4-5-7-15(13)21-16(14)11-20-9-8-18-12-20/h4-9,12,19H,10-11H2,1-3H3. The lowest BCUT2D eigenvalue weighted by Gasteiger charge is -2.20. The van der Waals surface area contributed by atoms with E-state index in [4.69, 9.17) is 4.42 Å². The summed E-state index contributed by atoms with van der Waals surface area (Å²) in [6.07, 6.45) is 5.55. The van der Waals surface area contributed by atoms with Gasteiger partial charge in [0.15, 0.2) is 0 Å². The zero-order valence-electron chi connectivity index (χ0n) is 12.8. The zero-order valence-corrected chi connectivity index (χ0v) is 12.8. The van der Waals surface area contributed by atoms with Gasteiger partial charge in [-0.05, 0) is 26.8 Å². The molecule has 0 radical (unpaired) electrons. The van der Waals surface area contributed by atoms with E-state index in [0.29, 0.717) is 6.54 Å². The number of furan rings is 1. The van der Waals surface area contributed by atoms with Crippen LogP contribution < -0.4 is 5.32 Å². The molecule has 2 heterocycles. The molecule has 3 aromatic rings. The Morgan fingerprint density at radius 3 is 2.76 bits per heavy atom. The van der Waals surface area contributed by atoms with Crippen LogP contribution in [0.4, 0.5) is 0 Å². The van der Waals surface area contributed by atoms with Gasteiger partial charge in [-0.3, -0.25) is 0 Å². The highest BCUT2D eigenvalue weighted by Gasteiger charge is 2.16. The van der Waals surface area contributed by atoms with Crippen molar-refractivity contribution in [1.82, 2.24) is 14.9 Å². The first kappa shape index (κ1) is 13.9. The van der Waals surface area contributed by atoms with Crippen LogP contribution in [0.15, 0.2) is 47.4 Å². The third-order valence-corrected chi connectivity index (χ3v) is 3.46. The minimum absolute atomic E-state index is 0.0741. The second-order valence-corrected chi connectivity index (χ2v) is 6.34. The normalized spacial score (nSPS) is 12.1. The molecule has 0 aliphatic carbocycles. The molecule has 21 heavy (non-hydrogen) atoms. The Labute approximate surface area is 124 Å². The van der Waals surface area contributed by atoms with E-state index in [1.54, 1.807) is 6.20 Å². The molecule has 2 aromatic heterocycles. The van der Waals surface area contributed by atoms with Crippen LogP contribution in [-0.4, -0.2) is 15.1 Å². The average molecular weight is 283 g/mol. The number of para-hydroxylation sites is 1. The quantitative estimate of drug-likeness (QED) is 0.796. The van der Waals surface area contributed by atoms with E-state index in [1.807, 2.05) is 29.2 Å². The van der Waals surface area contributed by atoms with E-state index in [-0.39, 0.29) is 5.54 Å². The van der Waals surface area contributed by atoms with Crippen LogP contribution in [0.2, 0.25) is 0 Å². The predicted molar refractivity (Wildman–Crippen MR) is 84.1 cm³/mol. The maximum Gasteiger partial charge on any atom is 0.134 e. The maximum absolute atomic E-state index is 6.05. The summed E-state index contributed by atoms with van der Waals surface area (Å²) in [4.78, 5) is 4.09. The van der Waals surface area contributed by atoms with Crippen LogP contribution in [0, 0.1) is 0 Å². The minimum Gasteiger partial charge on any atom is -0.459 e. The van der Waals surface area contributed by atoms with Gasteiger partial charge in [0.2, 0.25) is 0 Å². The molecule has 4 nitrogen and oxygen atoms in total. The number of fused-ring (bicyclic) bond motifs is 1. The van der Waals surface area contributed by atoms with Gasteiger partial charge in [0.05, 0.1) is 12.9 Å². The fourth-order valence-corrected chi connectivity index (χ4v) is 2.37. The average Bonchev–Trinajstić information content (AvgIpc) is 3.03. The second kappa shape index (κ2) is 5.37. The molecule has 1 N–H and O–H groups in total. The lowest BCUT2D eigenvalue weighted by molar-refractivity contribution is 0.419. The van der Waals surface area contributed by atoms with Gasteiger partial charge >= 0.3 is 0 Å². The molecule has 0 fully saturated rings. The van der Waals surface area contributed by atoms with E-state index in [2.05, 4.69) is 43.2 Å². The van der Waals surface area contributed by atoms with Crippen molar-refractivity contribution in [2.24, 2.45) is 0 Å². The molecule has 110 valence electrons. The smallest absolute Gasteiger partial charge is 0.134 e. The third kappa shape index (κ3) is 3.16. The molecule has 0 saturated heterocycles. The Morgan fingerprint density at radius 2 is 2.05 bits per heavy atom. The lowest BCUT2D eigenvalue weighted by atomic mass is 10.1. The summed E-state index contributed by atoms with van der Waals surface area (Å²) in [5.41, 5.74) is 2.25. The molecule has 0 atom stereocenters. The first-order valence-electron chi connectivity index (χ1n) is 7.23. The van der Waals surface area contributed by atoms with Gasteiger partial charge in [-0.1, -0.05) is 18.2 Å². The molecule has 3 rings (SSSR count). The number of hydrogen-bond acceptors (Lipinski definition) is 3. The van der Waals surface area contributed by atoms with Crippen molar-refractivity contribution in [2.45, 2.75) is 39.4 Å². The SMILES string of the molecule is CC(C)(C)NCc1c(Cn2ccnc2)oc2ccccc12. The number of aromatic nitrogens is 2. The van der Waals surface area contributed by atoms with E-state index in [1.165, 1.54) is 10.9 Å². The number of imidazole rings is 1. The monoisotopic (exact) mass is 283 g/mol. The highest BCUT2D eigenvalue weighted by atomic mass is 16.3. The van der Waals surface area contributed by atoms with Gasteiger partial charge in [-0.2, -0.15) is 0 Å². The summed E-state index contributed by atoms with van der Waals surface area (Å²) in [5.74, 6) is 0.992. The summed E-state index contributed by atoms with van der Waals surface area (Å²) in [6, 6.07) is 8.20. The van der Waals surface area contributed by atoms with Crippen molar-refractivity contribution in [2.75, 3.05) is 0 Å². The Bertz CT molecular complexity index is 720. The topological polar surface area (TPSA) is 43.0 Å². The Kier molecular flexibility index (Phi) is 3.55. The largest absolute Gasteiger partial charge is 0.459 e. The molecule has 0 aliphatic heterocycles. The van der Waals surface area contributed by atoms with E-state index < -0.39 is 0 Å². The van der Waals surface area contributed by atoms with E-state index >= 15 is 0 Å². The van der Waals surface area contributed by atoms with Crippen molar-refractivity contribution in [3.8, 4) is 0 Å². The van der Waals surface area contributed by atoms with Gasteiger partial charge in [-0.25, -0.2) is 4.98 Å². The van der Waals surface area contributed by atoms with E-state index in [0.717, 1.165) is 17.9 Å². The van der Waals surface area contributed by atoms with Crippen molar-refractivity contribution in [3.05, 3.63) is 54.3 Å². The summed E-state index contributed by atoms with van der Waals surface area (Å²) in [5, 5.41) is 4.74. The molecule has 0 bridgehead atoms. The summed E-state index contributed by atoms with van der Waals surface area (Å²) in [7, 11) is 0. The van der Waals surface area contributed by atoms with Crippen molar-refractivity contribution in [1.29, 1.82) is 0 Å². The summed E-state index contributed by atoms with van der Waals surface area (Å²) >= 11 is 0. The zero-order chi connectivity index (χ0) is 14.9. The van der Waals surface area contributed by atoms with Gasteiger partial charge in [0, 0.05) is 35.4 Å². The molecule has 1 aromatic carbocycles. The number of benzene rings is 1. The van der Waals surface area contributed by atoms with Crippen LogP contribution in [-0.2, 0) is 13.1 Å². The van der Waals surface area contributed by atoms with Crippen LogP contribution in [0.3, 0.4) is 0 Å². The van der Waals surface area contributed by atoms with Gasteiger partial charge in [0.25, 0.3) is 0 Å². The first-order valence-corrected chi connectivity index (χ1v) is 7.23. The molecule has 0 amide bonds. The maximum atomic E-state index is 6.05. The van der Waals surface area contributed by atoms with Crippen LogP contribution in [0.5, 0.6) is 0 Å². The van der Waals surface area contributed by atoms with Crippen LogP contribution in [0.25, 0.3) is 11.0 Å². The Hall–Kier alpha value is -2.07. The highest BCUT2D eigenvalue weighted by Crippen LogP contribution is 2.27. The second-order valence-electron chi connectivity index (χ2n) is 6.34. The predicted octanol–water partition coefficient (Wildman–Crippen LogP) is 3.57. The van der Waals surface area contributed by atoms with Gasteiger partial charge in [0.1, 0.15) is 11.3 Å². The number of hydrogen-bond donors (Lipinski definition) is 1. The van der Waals surface area contributed by atoms with Gasteiger partial charge < -0.3 is 14.3 Å². The first-order chi connectivity index (χ1) is 10.0. The fraction of sp³-hybridized carbons (Fsp3) is 0.353. The fourth-order valence-electron chi connectivity index (χ4n) is 2.37. The van der Waals surface area contributed by atoms with Crippen molar-refractivity contribution >= 4 is 11.0 Å². The molecule has 0 saturated carbocycles. The lowest BCUT2D eigenvalue weighted by Crippen LogP contribution is -2.35. The highest BCUT2D eigenvalue weighted by molar-refractivity contribution is 5.82. The third-order valence-electron chi connectivity index (χ3n) is 3.46.